The SMILES string of the molecule is Cc1ccccc1C(O)C1CCc2ccccc21. The van der Waals surface area contributed by atoms with E-state index >= 15 is 0 Å². The van der Waals surface area contributed by atoms with E-state index in [9.17, 15) is 5.11 Å². The summed E-state index contributed by atoms with van der Waals surface area (Å²) in [5.74, 6) is 0.252. The highest BCUT2D eigenvalue weighted by atomic mass is 16.3. The summed E-state index contributed by atoms with van der Waals surface area (Å²) < 4.78 is 0. The third-order valence-electron chi connectivity index (χ3n) is 4.07. The summed E-state index contributed by atoms with van der Waals surface area (Å²) in [4.78, 5) is 0. The highest BCUT2D eigenvalue weighted by Crippen LogP contribution is 2.42. The predicted molar refractivity (Wildman–Crippen MR) is 73.6 cm³/mol. The molecule has 1 aliphatic rings. The van der Waals surface area contributed by atoms with Crippen molar-refractivity contribution in [1.29, 1.82) is 0 Å². The van der Waals surface area contributed by atoms with Gasteiger partial charge in [-0.15, -0.1) is 0 Å². The van der Waals surface area contributed by atoms with Crippen molar-refractivity contribution in [1.82, 2.24) is 0 Å². The molecule has 18 heavy (non-hydrogen) atoms. The second-order valence-electron chi connectivity index (χ2n) is 5.15. The van der Waals surface area contributed by atoms with Gasteiger partial charge in [0.25, 0.3) is 0 Å². The number of benzene rings is 2. The van der Waals surface area contributed by atoms with Crippen molar-refractivity contribution in [3.05, 3.63) is 70.8 Å². The topological polar surface area (TPSA) is 20.2 Å². The minimum Gasteiger partial charge on any atom is -0.388 e. The van der Waals surface area contributed by atoms with E-state index in [-0.39, 0.29) is 12.0 Å². The Balaban J connectivity index is 1.96. The number of hydrogen-bond donors (Lipinski definition) is 1. The summed E-state index contributed by atoms with van der Waals surface area (Å²) in [5, 5.41) is 10.6. The monoisotopic (exact) mass is 238 g/mol. The van der Waals surface area contributed by atoms with Crippen LogP contribution in [0.5, 0.6) is 0 Å². The van der Waals surface area contributed by atoms with Crippen LogP contribution in [0.4, 0.5) is 0 Å². The molecule has 1 N–H and O–H groups in total. The third-order valence-corrected chi connectivity index (χ3v) is 4.07. The van der Waals surface area contributed by atoms with Crippen molar-refractivity contribution in [3.8, 4) is 0 Å². The number of fused-ring (bicyclic) bond motifs is 1. The molecule has 0 heterocycles. The molecule has 0 amide bonds. The second-order valence-corrected chi connectivity index (χ2v) is 5.15. The lowest BCUT2D eigenvalue weighted by molar-refractivity contribution is 0.144. The first kappa shape index (κ1) is 11.5. The van der Waals surface area contributed by atoms with Gasteiger partial charge in [0, 0.05) is 5.92 Å². The van der Waals surface area contributed by atoms with E-state index in [1.165, 1.54) is 16.7 Å². The van der Waals surface area contributed by atoms with Crippen LogP contribution in [-0.2, 0) is 6.42 Å². The van der Waals surface area contributed by atoms with Crippen LogP contribution >= 0.6 is 0 Å². The number of aryl methyl sites for hydroxylation is 2. The van der Waals surface area contributed by atoms with Crippen molar-refractivity contribution in [2.45, 2.75) is 31.8 Å². The minimum atomic E-state index is -0.380. The molecule has 92 valence electrons. The summed E-state index contributed by atoms with van der Waals surface area (Å²) in [7, 11) is 0. The van der Waals surface area contributed by atoms with Gasteiger partial charge in [-0.3, -0.25) is 0 Å². The molecule has 1 heteroatoms. The fourth-order valence-electron chi connectivity index (χ4n) is 3.05. The van der Waals surface area contributed by atoms with Gasteiger partial charge >= 0.3 is 0 Å². The molecule has 0 bridgehead atoms. The van der Waals surface area contributed by atoms with Gasteiger partial charge in [0.15, 0.2) is 0 Å². The van der Waals surface area contributed by atoms with Crippen molar-refractivity contribution >= 4 is 0 Å². The van der Waals surface area contributed by atoms with Crippen LogP contribution in [0.25, 0.3) is 0 Å². The molecule has 0 saturated carbocycles. The van der Waals surface area contributed by atoms with E-state index in [4.69, 9.17) is 0 Å². The van der Waals surface area contributed by atoms with E-state index < -0.39 is 0 Å². The smallest absolute Gasteiger partial charge is 0.0861 e. The molecule has 2 atom stereocenters. The maximum absolute atomic E-state index is 10.6. The lowest BCUT2D eigenvalue weighted by Gasteiger charge is -2.21. The summed E-state index contributed by atoms with van der Waals surface area (Å²) >= 11 is 0. The van der Waals surface area contributed by atoms with Crippen molar-refractivity contribution in [2.24, 2.45) is 0 Å². The quantitative estimate of drug-likeness (QED) is 0.844. The number of aliphatic hydroxyl groups is 1. The molecule has 0 fully saturated rings. The van der Waals surface area contributed by atoms with E-state index in [0.717, 1.165) is 18.4 Å². The van der Waals surface area contributed by atoms with Gasteiger partial charge in [-0.1, -0.05) is 48.5 Å². The average Bonchev–Trinajstić information content (AvgIpc) is 2.82. The first-order valence-corrected chi connectivity index (χ1v) is 6.59. The zero-order valence-corrected chi connectivity index (χ0v) is 10.6. The van der Waals surface area contributed by atoms with Gasteiger partial charge in [0.05, 0.1) is 6.10 Å². The highest BCUT2D eigenvalue weighted by molar-refractivity contribution is 5.39. The molecule has 2 aromatic rings. The van der Waals surface area contributed by atoms with Crippen molar-refractivity contribution in [3.63, 3.8) is 0 Å². The normalized spacial score (nSPS) is 19.6. The molecule has 1 aliphatic carbocycles. The van der Waals surface area contributed by atoms with E-state index in [0.29, 0.717) is 0 Å². The zero-order valence-electron chi connectivity index (χ0n) is 10.6. The van der Waals surface area contributed by atoms with Crippen molar-refractivity contribution in [2.75, 3.05) is 0 Å². The Morgan fingerprint density at radius 1 is 1.06 bits per heavy atom. The molecular formula is C17H18O. The fraction of sp³-hybridized carbons (Fsp3) is 0.294. The maximum atomic E-state index is 10.6. The molecule has 0 aromatic heterocycles. The lowest BCUT2D eigenvalue weighted by atomic mass is 9.89. The second kappa shape index (κ2) is 4.58. The molecule has 1 nitrogen and oxygen atoms in total. The minimum absolute atomic E-state index is 0.252. The number of rotatable bonds is 2. The Morgan fingerprint density at radius 2 is 1.78 bits per heavy atom. The molecule has 0 radical (unpaired) electrons. The molecule has 0 aliphatic heterocycles. The Hall–Kier alpha value is -1.60. The maximum Gasteiger partial charge on any atom is 0.0861 e. The fourth-order valence-corrected chi connectivity index (χ4v) is 3.05. The van der Waals surface area contributed by atoms with Gasteiger partial charge in [-0.05, 0) is 42.0 Å². The largest absolute Gasteiger partial charge is 0.388 e. The Morgan fingerprint density at radius 3 is 2.61 bits per heavy atom. The Bertz CT molecular complexity index is 559. The first-order chi connectivity index (χ1) is 8.77. The van der Waals surface area contributed by atoms with Gasteiger partial charge in [0.1, 0.15) is 0 Å². The molecule has 3 rings (SSSR count). The standard InChI is InChI=1S/C17H18O/c1-12-6-2-4-8-14(12)17(18)16-11-10-13-7-3-5-9-15(13)16/h2-9,16-18H,10-11H2,1H3. The third kappa shape index (κ3) is 1.85. The van der Waals surface area contributed by atoms with E-state index in [1.54, 1.807) is 0 Å². The average molecular weight is 238 g/mol. The highest BCUT2D eigenvalue weighted by Gasteiger charge is 2.29. The molecule has 0 saturated heterocycles. The van der Waals surface area contributed by atoms with E-state index in [1.807, 2.05) is 18.2 Å². The van der Waals surface area contributed by atoms with Gasteiger partial charge in [0.2, 0.25) is 0 Å². The van der Waals surface area contributed by atoms with Crippen molar-refractivity contribution < 1.29 is 5.11 Å². The molecule has 0 spiro atoms. The zero-order chi connectivity index (χ0) is 12.5. The summed E-state index contributed by atoms with van der Waals surface area (Å²) in [6.45, 7) is 2.07. The van der Waals surface area contributed by atoms with Crippen LogP contribution < -0.4 is 0 Å². The summed E-state index contributed by atoms with van der Waals surface area (Å²) in [5.41, 5.74) is 4.97. The molecular weight excluding hydrogens is 220 g/mol. The van der Waals surface area contributed by atoms with Crippen LogP contribution in [0, 0.1) is 6.92 Å². The van der Waals surface area contributed by atoms with Crippen LogP contribution in [0.3, 0.4) is 0 Å². The molecule has 2 unspecified atom stereocenters. The first-order valence-electron chi connectivity index (χ1n) is 6.59. The van der Waals surface area contributed by atoms with Gasteiger partial charge in [-0.2, -0.15) is 0 Å². The summed E-state index contributed by atoms with van der Waals surface area (Å²) in [6, 6.07) is 16.6. The van der Waals surface area contributed by atoms with Crippen LogP contribution in [0.2, 0.25) is 0 Å². The Kier molecular flexibility index (Phi) is 2.92. The lowest BCUT2D eigenvalue weighted by Crippen LogP contribution is -2.09. The van der Waals surface area contributed by atoms with Gasteiger partial charge in [-0.25, -0.2) is 0 Å². The summed E-state index contributed by atoms with van der Waals surface area (Å²) in [6.07, 6.45) is 1.76. The number of hydrogen-bond acceptors (Lipinski definition) is 1. The Labute approximate surface area is 108 Å². The van der Waals surface area contributed by atoms with Crippen LogP contribution in [0.1, 0.15) is 40.7 Å². The van der Waals surface area contributed by atoms with Crippen LogP contribution in [0.15, 0.2) is 48.5 Å². The molecule has 2 aromatic carbocycles. The van der Waals surface area contributed by atoms with E-state index in [2.05, 4.69) is 37.3 Å². The van der Waals surface area contributed by atoms with Gasteiger partial charge < -0.3 is 5.11 Å². The van der Waals surface area contributed by atoms with Crippen LogP contribution in [-0.4, -0.2) is 5.11 Å². The number of aliphatic hydroxyl groups excluding tert-OH is 1. The predicted octanol–water partition coefficient (Wildman–Crippen LogP) is 3.76.